The Kier molecular flexibility index (Phi) is 4.12. The molecule has 2 heterocycles. The Hall–Kier alpha value is -3.62. The van der Waals surface area contributed by atoms with Gasteiger partial charge in [0.1, 0.15) is 22.7 Å². The first kappa shape index (κ1) is 18.4. The van der Waals surface area contributed by atoms with E-state index in [4.69, 9.17) is 14.9 Å². The number of imidazole rings is 1. The van der Waals surface area contributed by atoms with Gasteiger partial charge in [-0.3, -0.25) is 4.57 Å². The molecule has 0 spiro atoms. The smallest absolute Gasteiger partial charge is 0.238 e. The van der Waals surface area contributed by atoms with Crippen LogP contribution in [0.3, 0.4) is 0 Å². The van der Waals surface area contributed by atoms with Crippen molar-refractivity contribution in [1.82, 2.24) is 14.5 Å². The van der Waals surface area contributed by atoms with Crippen LogP contribution in [0.15, 0.2) is 77.7 Å². The first-order valence-corrected chi connectivity index (χ1v) is 10.8. The second-order valence-electron chi connectivity index (χ2n) is 6.91. The van der Waals surface area contributed by atoms with Gasteiger partial charge in [0.15, 0.2) is 0 Å². The molecule has 0 saturated heterocycles. The molecular weight excluding hydrogens is 400 g/mol. The molecule has 5 rings (SSSR count). The Morgan fingerprint density at radius 1 is 0.967 bits per heavy atom. The third-order valence-electron chi connectivity index (χ3n) is 5.08. The number of hydrogen-bond donors (Lipinski definition) is 2. The number of methoxy groups -OCH3 is 1. The highest BCUT2D eigenvalue weighted by atomic mass is 32.2. The van der Waals surface area contributed by atoms with Crippen molar-refractivity contribution in [1.29, 1.82) is 0 Å². The highest BCUT2D eigenvalue weighted by molar-refractivity contribution is 7.89. The van der Waals surface area contributed by atoms with Crippen LogP contribution in [0.25, 0.3) is 39.1 Å². The molecule has 0 saturated carbocycles. The Morgan fingerprint density at radius 2 is 1.67 bits per heavy atom. The van der Waals surface area contributed by atoms with Crippen LogP contribution >= 0.6 is 0 Å². The lowest BCUT2D eigenvalue weighted by molar-refractivity contribution is 0.415. The number of H-pyrrole nitrogens is 1. The van der Waals surface area contributed by atoms with Crippen molar-refractivity contribution in [3.63, 3.8) is 0 Å². The van der Waals surface area contributed by atoms with Crippen LogP contribution in [0.2, 0.25) is 0 Å². The van der Waals surface area contributed by atoms with E-state index in [1.54, 1.807) is 19.2 Å². The van der Waals surface area contributed by atoms with Crippen LogP contribution in [0, 0.1) is 0 Å². The average Bonchev–Trinajstić information content (AvgIpc) is 3.29. The van der Waals surface area contributed by atoms with Gasteiger partial charge in [-0.2, -0.15) is 0 Å². The van der Waals surface area contributed by atoms with Crippen molar-refractivity contribution < 1.29 is 13.2 Å². The van der Waals surface area contributed by atoms with Crippen LogP contribution in [-0.4, -0.2) is 30.1 Å². The number of nitrogens with one attached hydrogen (secondary N) is 1. The van der Waals surface area contributed by atoms with E-state index in [1.165, 1.54) is 12.1 Å². The minimum atomic E-state index is -3.77. The number of para-hydroxylation sites is 1. The van der Waals surface area contributed by atoms with E-state index < -0.39 is 10.0 Å². The largest absolute Gasteiger partial charge is 0.497 e. The standard InChI is InChI=1S/C22H18N4O3S/c1-29-16-10-6-14(7-11-16)21-25-20-18-4-2-3-5-19(18)24-22(20)26(21)15-8-12-17(13-9-15)30(23,27)28/h2-13,24H,1H3,(H2,23,27,28). The Morgan fingerprint density at radius 3 is 2.33 bits per heavy atom. The van der Waals surface area contributed by atoms with Crippen molar-refractivity contribution in [3.8, 4) is 22.8 Å². The molecular formula is C22H18N4O3S. The summed E-state index contributed by atoms with van der Waals surface area (Å²) >= 11 is 0. The van der Waals surface area contributed by atoms with E-state index in [2.05, 4.69) is 4.98 Å². The summed E-state index contributed by atoms with van der Waals surface area (Å²) < 4.78 is 30.5. The number of sulfonamides is 1. The van der Waals surface area contributed by atoms with Gasteiger partial charge in [-0.1, -0.05) is 18.2 Å². The molecule has 3 N–H and O–H groups in total. The fourth-order valence-corrected chi connectivity index (χ4v) is 4.14. The van der Waals surface area contributed by atoms with Crippen LogP contribution in [0.5, 0.6) is 5.75 Å². The van der Waals surface area contributed by atoms with Gasteiger partial charge in [-0.05, 0) is 54.6 Å². The minimum Gasteiger partial charge on any atom is -0.497 e. The van der Waals surface area contributed by atoms with Gasteiger partial charge in [0.2, 0.25) is 10.0 Å². The van der Waals surface area contributed by atoms with Crippen LogP contribution < -0.4 is 9.88 Å². The molecule has 0 atom stereocenters. The zero-order chi connectivity index (χ0) is 20.9. The predicted molar refractivity (Wildman–Crippen MR) is 116 cm³/mol. The van der Waals surface area contributed by atoms with Gasteiger partial charge < -0.3 is 9.72 Å². The summed E-state index contributed by atoms with van der Waals surface area (Å²) in [4.78, 5) is 8.42. The second kappa shape index (κ2) is 6.72. The Labute approximate surface area is 172 Å². The van der Waals surface area contributed by atoms with Crippen molar-refractivity contribution in [3.05, 3.63) is 72.8 Å². The maximum absolute atomic E-state index is 11.6. The molecule has 30 heavy (non-hydrogen) atoms. The highest BCUT2D eigenvalue weighted by Crippen LogP contribution is 2.33. The van der Waals surface area contributed by atoms with Crippen molar-refractivity contribution in [2.75, 3.05) is 7.11 Å². The molecule has 5 aromatic rings. The van der Waals surface area contributed by atoms with Crippen LogP contribution in [0.1, 0.15) is 0 Å². The molecule has 0 bridgehead atoms. The van der Waals surface area contributed by atoms with Crippen LogP contribution in [0.4, 0.5) is 0 Å². The lowest BCUT2D eigenvalue weighted by Crippen LogP contribution is -2.12. The van der Waals surface area contributed by atoms with E-state index in [-0.39, 0.29) is 4.90 Å². The minimum absolute atomic E-state index is 0.0604. The summed E-state index contributed by atoms with van der Waals surface area (Å²) in [5, 5.41) is 6.27. The summed E-state index contributed by atoms with van der Waals surface area (Å²) in [5.41, 5.74) is 4.31. The van der Waals surface area contributed by atoms with Gasteiger partial charge in [0, 0.05) is 22.2 Å². The maximum atomic E-state index is 11.6. The molecule has 0 amide bonds. The fourth-order valence-electron chi connectivity index (χ4n) is 3.62. The molecule has 0 radical (unpaired) electrons. The number of nitrogens with zero attached hydrogens (tertiary/aromatic N) is 2. The Bertz CT molecular complexity index is 1480. The van der Waals surface area contributed by atoms with Gasteiger partial charge in [-0.25, -0.2) is 18.5 Å². The summed E-state index contributed by atoms with van der Waals surface area (Å²) in [6.07, 6.45) is 0. The van der Waals surface area contributed by atoms with E-state index in [0.717, 1.165) is 44.9 Å². The molecule has 0 aliphatic heterocycles. The zero-order valence-electron chi connectivity index (χ0n) is 16.0. The van der Waals surface area contributed by atoms with E-state index in [0.29, 0.717) is 0 Å². The number of hydrogen-bond acceptors (Lipinski definition) is 4. The molecule has 3 aromatic carbocycles. The summed E-state index contributed by atoms with van der Waals surface area (Å²) in [6, 6.07) is 22.0. The van der Waals surface area contributed by atoms with E-state index in [9.17, 15) is 8.42 Å². The normalized spacial score (nSPS) is 11.9. The molecule has 0 aliphatic carbocycles. The van der Waals surface area contributed by atoms with Crippen molar-refractivity contribution in [2.45, 2.75) is 4.90 Å². The molecule has 0 aliphatic rings. The van der Waals surface area contributed by atoms with Crippen molar-refractivity contribution in [2.24, 2.45) is 5.14 Å². The molecule has 150 valence electrons. The monoisotopic (exact) mass is 418 g/mol. The maximum Gasteiger partial charge on any atom is 0.238 e. The average molecular weight is 418 g/mol. The van der Waals surface area contributed by atoms with Gasteiger partial charge in [0.05, 0.1) is 12.0 Å². The second-order valence-corrected chi connectivity index (χ2v) is 8.47. The number of nitrogens with two attached hydrogens (primary N) is 1. The van der Waals surface area contributed by atoms with Gasteiger partial charge in [-0.15, -0.1) is 0 Å². The number of primary sulfonamides is 1. The van der Waals surface area contributed by atoms with E-state index >= 15 is 0 Å². The summed E-state index contributed by atoms with van der Waals surface area (Å²) in [5.74, 6) is 1.48. The number of benzene rings is 3. The third kappa shape index (κ3) is 2.94. The molecule has 8 heteroatoms. The fraction of sp³-hybridized carbons (Fsp3) is 0.0455. The van der Waals surface area contributed by atoms with Gasteiger partial charge >= 0.3 is 0 Å². The van der Waals surface area contributed by atoms with Crippen molar-refractivity contribution >= 4 is 32.1 Å². The predicted octanol–water partition coefficient (Wildman–Crippen LogP) is 3.83. The van der Waals surface area contributed by atoms with Gasteiger partial charge in [0.25, 0.3) is 0 Å². The quantitative estimate of drug-likeness (QED) is 0.463. The highest BCUT2D eigenvalue weighted by Gasteiger charge is 2.19. The molecule has 0 unspecified atom stereocenters. The Balaban J connectivity index is 1.78. The number of ether oxygens (including phenoxy) is 1. The zero-order valence-corrected chi connectivity index (χ0v) is 16.8. The molecule has 2 aromatic heterocycles. The third-order valence-corrected chi connectivity index (χ3v) is 6.01. The molecule has 0 fully saturated rings. The number of fused-ring (bicyclic) bond motifs is 3. The lowest BCUT2D eigenvalue weighted by Gasteiger charge is -2.10. The molecule has 7 nitrogen and oxygen atoms in total. The number of rotatable bonds is 4. The SMILES string of the molecule is COc1ccc(-c2nc3c4ccccc4[nH]c3n2-c2ccc(S(N)(=O)=O)cc2)cc1. The summed E-state index contributed by atoms with van der Waals surface area (Å²) in [7, 11) is -2.14. The lowest BCUT2D eigenvalue weighted by atomic mass is 10.2. The first-order valence-electron chi connectivity index (χ1n) is 9.22. The number of aromatic amines is 1. The summed E-state index contributed by atoms with van der Waals surface area (Å²) in [6.45, 7) is 0. The first-order chi connectivity index (χ1) is 14.5. The topological polar surface area (TPSA) is 103 Å². The number of aromatic nitrogens is 3. The van der Waals surface area contributed by atoms with Crippen LogP contribution in [-0.2, 0) is 10.0 Å². The van der Waals surface area contributed by atoms with E-state index in [1.807, 2.05) is 53.1 Å².